The first-order valence-corrected chi connectivity index (χ1v) is 9.72. The van der Waals surface area contributed by atoms with Gasteiger partial charge in [0, 0.05) is 36.9 Å². The number of amides is 1. The number of carbonyl (C=O) groups excluding carboxylic acids is 1. The molecule has 1 aromatic carbocycles. The molecular weight excluding hydrogens is 318 g/mol. The SMILES string of the molecule is Cc1ccc(CSCCNC(=O)[C@H]2CCCc3nn(C)cc32)cc1. The van der Waals surface area contributed by atoms with Gasteiger partial charge in [-0.25, -0.2) is 0 Å². The zero-order chi connectivity index (χ0) is 16.9. The highest BCUT2D eigenvalue weighted by Gasteiger charge is 2.28. The Hall–Kier alpha value is -1.75. The number of thioether (sulfide) groups is 1. The van der Waals surface area contributed by atoms with Crippen LogP contribution in [0.25, 0.3) is 0 Å². The van der Waals surface area contributed by atoms with E-state index in [1.54, 1.807) is 0 Å². The molecule has 1 amide bonds. The molecule has 0 saturated carbocycles. The van der Waals surface area contributed by atoms with Gasteiger partial charge in [-0.05, 0) is 31.7 Å². The highest BCUT2D eigenvalue weighted by atomic mass is 32.2. The molecular formula is C19H25N3OS. The molecule has 5 heteroatoms. The van der Waals surface area contributed by atoms with Gasteiger partial charge in [0.25, 0.3) is 0 Å². The fraction of sp³-hybridized carbons (Fsp3) is 0.474. The van der Waals surface area contributed by atoms with E-state index in [9.17, 15) is 4.79 Å². The summed E-state index contributed by atoms with van der Waals surface area (Å²) in [6, 6.07) is 8.64. The van der Waals surface area contributed by atoms with Gasteiger partial charge in [-0.2, -0.15) is 16.9 Å². The number of aromatic nitrogens is 2. The van der Waals surface area contributed by atoms with E-state index in [1.807, 2.05) is 29.7 Å². The molecule has 1 atom stereocenters. The molecule has 0 aliphatic heterocycles. The van der Waals surface area contributed by atoms with Gasteiger partial charge in [0.1, 0.15) is 0 Å². The molecule has 0 bridgehead atoms. The fourth-order valence-corrected chi connectivity index (χ4v) is 4.00. The maximum absolute atomic E-state index is 12.5. The first-order valence-electron chi connectivity index (χ1n) is 8.57. The highest BCUT2D eigenvalue weighted by Crippen LogP contribution is 2.30. The Morgan fingerprint density at radius 3 is 2.96 bits per heavy atom. The molecule has 0 spiro atoms. The van der Waals surface area contributed by atoms with Crippen molar-refractivity contribution >= 4 is 17.7 Å². The van der Waals surface area contributed by atoms with E-state index in [-0.39, 0.29) is 11.8 Å². The average molecular weight is 343 g/mol. The third kappa shape index (κ3) is 4.20. The van der Waals surface area contributed by atoms with Gasteiger partial charge in [-0.1, -0.05) is 29.8 Å². The van der Waals surface area contributed by atoms with Crippen LogP contribution in [0.2, 0.25) is 0 Å². The monoisotopic (exact) mass is 343 g/mol. The van der Waals surface area contributed by atoms with Crippen LogP contribution >= 0.6 is 11.8 Å². The normalized spacial score (nSPS) is 16.7. The quantitative estimate of drug-likeness (QED) is 0.820. The summed E-state index contributed by atoms with van der Waals surface area (Å²) in [5.74, 6) is 2.06. The molecule has 2 aromatic rings. The summed E-state index contributed by atoms with van der Waals surface area (Å²) in [6.45, 7) is 2.83. The van der Waals surface area contributed by atoms with Gasteiger partial charge in [-0.15, -0.1) is 0 Å². The van der Waals surface area contributed by atoms with Crippen molar-refractivity contribution in [2.45, 2.75) is 37.9 Å². The molecule has 128 valence electrons. The molecule has 24 heavy (non-hydrogen) atoms. The zero-order valence-corrected chi connectivity index (χ0v) is 15.2. The predicted molar refractivity (Wildman–Crippen MR) is 99.2 cm³/mol. The van der Waals surface area contributed by atoms with Crippen molar-refractivity contribution in [1.82, 2.24) is 15.1 Å². The minimum absolute atomic E-state index is 0.0236. The number of nitrogens with zero attached hydrogens (tertiary/aromatic N) is 2. The number of hydrogen-bond donors (Lipinski definition) is 1. The van der Waals surface area contributed by atoms with Crippen LogP contribution in [0.4, 0.5) is 0 Å². The summed E-state index contributed by atoms with van der Waals surface area (Å²) in [5, 5.41) is 7.57. The summed E-state index contributed by atoms with van der Waals surface area (Å²) in [6.07, 6.45) is 4.97. The average Bonchev–Trinajstić information content (AvgIpc) is 2.96. The van der Waals surface area contributed by atoms with E-state index >= 15 is 0 Å². The molecule has 1 aliphatic rings. The number of hydrogen-bond acceptors (Lipinski definition) is 3. The molecule has 1 aliphatic carbocycles. The van der Waals surface area contributed by atoms with Gasteiger partial charge in [-0.3, -0.25) is 9.48 Å². The van der Waals surface area contributed by atoms with Crippen LogP contribution in [0.5, 0.6) is 0 Å². The van der Waals surface area contributed by atoms with Crippen molar-refractivity contribution in [2.24, 2.45) is 7.05 Å². The van der Waals surface area contributed by atoms with Crippen LogP contribution in [0.1, 0.15) is 41.1 Å². The van der Waals surface area contributed by atoms with Gasteiger partial charge >= 0.3 is 0 Å². The Bertz CT molecular complexity index is 693. The predicted octanol–water partition coefficient (Wildman–Crippen LogP) is 3.20. The van der Waals surface area contributed by atoms with Crippen LogP contribution in [0.15, 0.2) is 30.5 Å². The number of nitrogens with one attached hydrogen (secondary N) is 1. The van der Waals surface area contributed by atoms with Gasteiger partial charge in [0.2, 0.25) is 5.91 Å². The second-order valence-electron chi connectivity index (χ2n) is 6.48. The lowest BCUT2D eigenvalue weighted by atomic mass is 9.86. The van der Waals surface area contributed by atoms with E-state index < -0.39 is 0 Å². The summed E-state index contributed by atoms with van der Waals surface area (Å²) in [7, 11) is 1.93. The Balaban J connectivity index is 1.42. The van der Waals surface area contributed by atoms with Crippen LogP contribution in [0.3, 0.4) is 0 Å². The van der Waals surface area contributed by atoms with E-state index in [0.29, 0.717) is 0 Å². The smallest absolute Gasteiger partial charge is 0.227 e. The molecule has 0 fully saturated rings. The molecule has 1 N–H and O–H groups in total. The topological polar surface area (TPSA) is 46.9 Å². The van der Waals surface area contributed by atoms with Gasteiger partial charge < -0.3 is 5.32 Å². The summed E-state index contributed by atoms with van der Waals surface area (Å²) in [5.41, 5.74) is 4.84. The maximum atomic E-state index is 12.5. The lowest BCUT2D eigenvalue weighted by molar-refractivity contribution is -0.122. The third-order valence-electron chi connectivity index (χ3n) is 4.47. The van der Waals surface area contributed by atoms with Crippen molar-refractivity contribution in [3.05, 3.63) is 52.8 Å². The third-order valence-corrected chi connectivity index (χ3v) is 5.50. The standard InChI is InChI=1S/C19H25N3OS/c1-14-6-8-15(9-7-14)13-24-11-10-20-19(23)16-4-3-5-18-17(16)12-22(2)21-18/h6-9,12,16H,3-5,10-11,13H2,1-2H3,(H,20,23)/t16-/m0/s1. The molecule has 4 nitrogen and oxygen atoms in total. The van der Waals surface area contributed by atoms with Crippen LogP contribution in [0, 0.1) is 6.92 Å². The maximum Gasteiger partial charge on any atom is 0.227 e. The number of fused-ring (bicyclic) bond motifs is 1. The number of aryl methyl sites for hydroxylation is 3. The lowest BCUT2D eigenvalue weighted by Crippen LogP contribution is -2.32. The van der Waals surface area contributed by atoms with Crippen molar-refractivity contribution in [3.63, 3.8) is 0 Å². The number of carbonyl (C=O) groups is 1. The van der Waals surface area contributed by atoms with Gasteiger partial charge in [0.05, 0.1) is 11.6 Å². The Labute approximate surface area is 148 Å². The first kappa shape index (κ1) is 17.1. The highest BCUT2D eigenvalue weighted by molar-refractivity contribution is 7.98. The second kappa shape index (κ2) is 7.88. The summed E-state index contributed by atoms with van der Waals surface area (Å²) >= 11 is 1.86. The van der Waals surface area contributed by atoms with E-state index in [1.165, 1.54) is 11.1 Å². The number of rotatable bonds is 6. The van der Waals surface area contributed by atoms with Crippen molar-refractivity contribution in [1.29, 1.82) is 0 Å². The van der Waals surface area contributed by atoms with E-state index in [0.717, 1.165) is 48.6 Å². The molecule has 1 aromatic heterocycles. The Kier molecular flexibility index (Phi) is 5.61. The number of benzene rings is 1. The Morgan fingerprint density at radius 1 is 1.38 bits per heavy atom. The second-order valence-corrected chi connectivity index (χ2v) is 7.58. The van der Waals surface area contributed by atoms with Crippen LogP contribution in [-0.4, -0.2) is 28.0 Å². The molecule has 0 saturated heterocycles. The minimum Gasteiger partial charge on any atom is -0.355 e. The van der Waals surface area contributed by atoms with Crippen molar-refractivity contribution in [3.8, 4) is 0 Å². The van der Waals surface area contributed by atoms with Gasteiger partial charge in [0.15, 0.2) is 0 Å². The van der Waals surface area contributed by atoms with Crippen molar-refractivity contribution in [2.75, 3.05) is 12.3 Å². The minimum atomic E-state index is -0.0236. The summed E-state index contributed by atoms with van der Waals surface area (Å²) in [4.78, 5) is 12.5. The Morgan fingerprint density at radius 2 is 2.17 bits per heavy atom. The van der Waals surface area contributed by atoms with E-state index in [4.69, 9.17) is 0 Å². The van der Waals surface area contributed by atoms with Crippen LogP contribution < -0.4 is 5.32 Å². The van der Waals surface area contributed by atoms with Crippen LogP contribution in [-0.2, 0) is 24.0 Å². The molecule has 1 heterocycles. The summed E-state index contributed by atoms with van der Waals surface area (Å²) < 4.78 is 1.83. The largest absolute Gasteiger partial charge is 0.355 e. The first-order chi connectivity index (χ1) is 11.6. The molecule has 0 unspecified atom stereocenters. The lowest BCUT2D eigenvalue weighted by Gasteiger charge is -2.20. The molecule has 3 rings (SSSR count). The molecule has 0 radical (unpaired) electrons. The van der Waals surface area contributed by atoms with E-state index in [2.05, 4.69) is 41.6 Å². The fourth-order valence-electron chi connectivity index (χ4n) is 3.18. The zero-order valence-electron chi connectivity index (χ0n) is 14.4. The van der Waals surface area contributed by atoms with Crippen molar-refractivity contribution < 1.29 is 4.79 Å².